The molecule has 0 aliphatic carbocycles. The molecule has 0 heterocycles. The second-order valence-corrected chi connectivity index (χ2v) is 7.66. The lowest BCUT2D eigenvalue weighted by Crippen LogP contribution is -2.13. The quantitative estimate of drug-likeness (QED) is 0.728. The van der Waals surface area contributed by atoms with Gasteiger partial charge in [-0.05, 0) is 42.8 Å². The molecule has 4 nitrogen and oxygen atoms in total. The van der Waals surface area contributed by atoms with E-state index in [1.54, 1.807) is 13.0 Å². The van der Waals surface area contributed by atoms with Crippen molar-refractivity contribution in [2.75, 3.05) is 4.72 Å². The smallest absolute Gasteiger partial charge is 0.261 e. The molecule has 0 amide bonds. The Bertz CT molecular complexity index is 786. The molecule has 112 valence electrons. The Morgan fingerprint density at radius 3 is 2.24 bits per heavy atom. The average molecular weight is 411 g/mol. The molecule has 0 saturated carbocycles. The van der Waals surface area contributed by atoms with E-state index in [4.69, 9.17) is 23.2 Å². The van der Waals surface area contributed by atoms with Crippen molar-refractivity contribution in [2.24, 2.45) is 0 Å². The van der Waals surface area contributed by atoms with Gasteiger partial charge in [0.1, 0.15) is 0 Å². The number of anilines is 1. The zero-order chi connectivity index (χ0) is 15.8. The summed E-state index contributed by atoms with van der Waals surface area (Å²) in [6, 6.07) is 7.23. The molecular formula is C13H10BrCl2NO3S. The molecule has 0 fully saturated rings. The Labute approximate surface area is 140 Å². The normalized spacial score (nSPS) is 11.4. The standard InChI is InChI=1S/C13H10BrCl2NO3S/c1-7-4-9(2-3-10(7)14)21(19,20)17-8-5-11(15)13(18)12(16)6-8/h2-6,17-18H,1H3. The second-order valence-electron chi connectivity index (χ2n) is 4.30. The fourth-order valence-electron chi connectivity index (χ4n) is 1.62. The minimum Gasteiger partial charge on any atom is -0.505 e. The van der Waals surface area contributed by atoms with Crippen LogP contribution in [0.5, 0.6) is 5.75 Å². The Hall–Kier alpha value is -0.950. The number of rotatable bonds is 3. The van der Waals surface area contributed by atoms with Crippen molar-refractivity contribution >= 4 is 54.8 Å². The molecule has 0 aliphatic heterocycles. The summed E-state index contributed by atoms with van der Waals surface area (Å²) in [6.45, 7) is 1.79. The van der Waals surface area contributed by atoms with Crippen LogP contribution in [-0.2, 0) is 10.0 Å². The van der Waals surface area contributed by atoms with E-state index in [1.807, 2.05) is 0 Å². The summed E-state index contributed by atoms with van der Waals surface area (Å²) in [5.41, 5.74) is 0.961. The summed E-state index contributed by atoms with van der Waals surface area (Å²) < 4.78 is 27.8. The first kappa shape index (κ1) is 16.4. The van der Waals surface area contributed by atoms with Crippen LogP contribution in [0, 0.1) is 6.92 Å². The first-order valence-corrected chi connectivity index (χ1v) is 8.71. The largest absolute Gasteiger partial charge is 0.505 e. The van der Waals surface area contributed by atoms with E-state index >= 15 is 0 Å². The van der Waals surface area contributed by atoms with E-state index in [9.17, 15) is 13.5 Å². The minimum atomic E-state index is -3.77. The fraction of sp³-hybridized carbons (Fsp3) is 0.0769. The summed E-state index contributed by atoms with van der Waals surface area (Å²) in [6.07, 6.45) is 0. The highest BCUT2D eigenvalue weighted by molar-refractivity contribution is 9.10. The van der Waals surface area contributed by atoms with Crippen LogP contribution < -0.4 is 4.72 Å². The van der Waals surface area contributed by atoms with Crippen LogP contribution in [0.1, 0.15) is 5.56 Å². The molecule has 2 aromatic carbocycles. The third-order valence-corrected chi connectivity index (χ3v) is 5.55. The molecule has 0 aliphatic rings. The maximum atomic E-state index is 12.3. The van der Waals surface area contributed by atoms with Gasteiger partial charge in [-0.1, -0.05) is 39.1 Å². The summed E-state index contributed by atoms with van der Waals surface area (Å²) in [5.74, 6) is -0.291. The number of sulfonamides is 1. The monoisotopic (exact) mass is 409 g/mol. The molecule has 0 saturated heterocycles. The van der Waals surface area contributed by atoms with Crippen LogP contribution in [0.3, 0.4) is 0 Å². The third kappa shape index (κ3) is 3.63. The van der Waals surface area contributed by atoms with Gasteiger partial charge in [0.2, 0.25) is 0 Å². The topological polar surface area (TPSA) is 66.4 Å². The zero-order valence-corrected chi connectivity index (χ0v) is 14.6. The molecule has 0 atom stereocenters. The van der Waals surface area contributed by atoms with Crippen molar-refractivity contribution in [1.29, 1.82) is 0 Å². The molecule has 2 aromatic rings. The molecule has 0 aromatic heterocycles. The molecule has 2 N–H and O–H groups in total. The van der Waals surface area contributed by atoms with Crippen molar-refractivity contribution in [2.45, 2.75) is 11.8 Å². The van der Waals surface area contributed by atoms with E-state index in [1.165, 1.54) is 24.3 Å². The highest BCUT2D eigenvalue weighted by atomic mass is 79.9. The molecular weight excluding hydrogens is 401 g/mol. The first-order valence-electron chi connectivity index (χ1n) is 5.67. The van der Waals surface area contributed by atoms with E-state index in [0.29, 0.717) is 0 Å². The van der Waals surface area contributed by atoms with Crippen molar-refractivity contribution in [3.63, 3.8) is 0 Å². The predicted molar refractivity (Wildman–Crippen MR) is 87.8 cm³/mol. The number of benzene rings is 2. The van der Waals surface area contributed by atoms with Crippen LogP contribution >= 0.6 is 39.1 Å². The van der Waals surface area contributed by atoms with Crippen LogP contribution in [0.4, 0.5) is 5.69 Å². The number of nitrogens with one attached hydrogen (secondary N) is 1. The van der Waals surface area contributed by atoms with E-state index in [2.05, 4.69) is 20.7 Å². The van der Waals surface area contributed by atoms with Gasteiger partial charge in [0.15, 0.2) is 5.75 Å². The van der Waals surface area contributed by atoms with Gasteiger partial charge in [-0.2, -0.15) is 0 Å². The number of phenols is 1. The zero-order valence-electron chi connectivity index (χ0n) is 10.7. The molecule has 0 spiro atoms. The maximum absolute atomic E-state index is 12.3. The van der Waals surface area contributed by atoms with E-state index < -0.39 is 10.0 Å². The van der Waals surface area contributed by atoms with Crippen molar-refractivity contribution < 1.29 is 13.5 Å². The lowest BCUT2D eigenvalue weighted by molar-refractivity contribution is 0.476. The van der Waals surface area contributed by atoms with Crippen LogP contribution in [0.15, 0.2) is 39.7 Å². The van der Waals surface area contributed by atoms with Gasteiger partial charge >= 0.3 is 0 Å². The molecule has 0 bridgehead atoms. The molecule has 21 heavy (non-hydrogen) atoms. The summed E-state index contributed by atoms with van der Waals surface area (Å²) in [5, 5.41) is 9.40. The maximum Gasteiger partial charge on any atom is 0.261 e. The Morgan fingerprint density at radius 1 is 1.14 bits per heavy atom. The van der Waals surface area contributed by atoms with Crippen LogP contribution in [0.25, 0.3) is 0 Å². The SMILES string of the molecule is Cc1cc(S(=O)(=O)Nc2cc(Cl)c(O)c(Cl)c2)ccc1Br. The number of hydrogen-bond acceptors (Lipinski definition) is 3. The Kier molecular flexibility index (Phi) is 4.72. The predicted octanol–water partition coefficient (Wildman–Crippen LogP) is 4.57. The summed E-state index contributed by atoms with van der Waals surface area (Å²) in [7, 11) is -3.77. The average Bonchev–Trinajstić information content (AvgIpc) is 2.38. The Morgan fingerprint density at radius 2 is 1.71 bits per heavy atom. The van der Waals surface area contributed by atoms with Crippen molar-refractivity contribution in [3.05, 3.63) is 50.4 Å². The number of phenolic OH excluding ortho intramolecular Hbond substituents is 1. The highest BCUT2D eigenvalue weighted by Gasteiger charge is 2.17. The van der Waals surface area contributed by atoms with Crippen molar-refractivity contribution in [3.8, 4) is 5.75 Å². The van der Waals surface area contributed by atoms with E-state index in [-0.39, 0.29) is 26.4 Å². The number of hydrogen-bond donors (Lipinski definition) is 2. The number of aryl methyl sites for hydroxylation is 1. The van der Waals surface area contributed by atoms with Gasteiger partial charge in [-0.3, -0.25) is 4.72 Å². The van der Waals surface area contributed by atoms with E-state index in [0.717, 1.165) is 10.0 Å². The minimum absolute atomic E-state index is 0.0350. The number of halogens is 3. The van der Waals surface area contributed by atoms with Crippen LogP contribution in [-0.4, -0.2) is 13.5 Å². The van der Waals surface area contributed by atoms with Gasteiger partial charge in [-0.25, -0.2) is 8.42 Å². The first-order chi connectivity index (χ1) is 9.70. The third-order valence-electron chi connectivity index (χ3n) is 2.71. The van der Waals surface area contributed by atoms with Gasteiger partial charge < -0.3 is 5.11 Å². The van der Waals surface area contributed by atoms with Gasteiger partial charge in [-0.15, -0.1) is 0 Å². The van der Waals surface area contributed by atoms with Gasteiger partial charge in [0.25, 0.3) is 10.0 Å². The molecule has 2 rings (SSSR count). The number of aromatic hydroxyl groups is 1. The molecule has 0 radical (unpaired) electrons. The van der Waals surface area contributed by atoms with Gasteiger partial charge in [0, 0.05) is 4.47 Å². The molecule has 0 unspecified atom stereocenters. The summed E-state index contributed by atoms with van der Waals surface area (Å²) in [4.78, 5) is 0.114. The lowest BCUT2D eigenvalue weighted by Gasteiger charge is -2.11. The fourth-order valence-corrected chi connectivity index (χ4v) is 3.48. The van der Waals surface area contributed by atoms with Crippen molar-refractivity contribution in [1.82, 2.24) is 0 Å². The molecule has 8 heteroatoms. The second kappa shape index (κ2) is 6.04. The Balaban J connectivity index is 2.39. The van der Waals surface area contributed by atoms with Gasteiger partial charge in [0.05, 0.1) is 20.6 Å². The van der Waals surface area contributed by atoms with Crippen LogP contribution in [0.2, 0.25) is 10.0 Å². The highest BCUT2D eigenvalue weighted by Crippen LogP contribution is 2.35. The lowest BCUT2D eigenvalue weighted by atomic mass is 10.2. The summed E-state index contributed by atoms with van der Waals surface area (Å²) >= 11 is 14.8.